The first-order valence-corrected chi connectivity index (χ1v) is 6.35. The van der Waals surface area contributed by atoms with Crippen LogP contribution in [0.3, 0.4) is 0 Å². The largest absolute Gasteiger partial charge is 0.396 e. The van der Waals surface area contributed by atoms with Crippen molar-refractivity contribution in [2.75, 3.05) is 6.61 Å². The number of benzene rings is 1. The van der Waals surface area contributed by atoms with Gasteiger partial charge in [-0.1, -0.05) is 60.8 Å². The van der Waals surface area contributed by atoms with Gasteiger partial charge in [0.25, 0.3) is 0 Å². The lowest BCUT2D eigenvalue weighted by Crippen LogP contribution is -2.14. The van der Waals surface area contributed by atoms with Crippen LogP contribution in [-0.2, 0) is 0 Å². The fourth-order valence-corrected chi connectivity index (χ4v) is 2.60. The minimum atomic E-state index is 0.226. The van der Waals surface area contributed by atoms with E-state index < -0.39 is 0 Å². The summed E-state index contributed by atoms with van der Waals surface area (Å²) < 4.78 is 1.10. The average Bonchev–Trinajstić information content (AvgIpc) is 2.22. The van der Waals surface area contributed by atoms with Crippen LogP contribution < -0.4 is 0 Å². The lowest BCUT2D eigenvalue weighted by atomic mass is 9.85. The van der Waals surface area contributed by atoms with Gasteiger partial charge in [0.15, 0.2) is 0 Å². The molecule has 2 heteroatoms. The predicted molar refractivity (Wildman–Crippen MR) is 68.0 cm³/mol. The van der Waals surface area contributed by atoms with Crippen LogP contribution in [0.2, 0.25) is 0 Å². The Morgan fingerprint density at radius 1 is 1.33 bits per heavy atom. The molecular formula is C13H19BrO. The summed E-state index contributed by atoms with van der Waals surface area (Å²) in [5.74, 6) is 0.777. The van der Waals surface area contributed by atoms with Crippen molar-refractivity contribution >= 4 is 15.9 Å². The molecule has 1 rings (SSSR count). The molecule has 0 aliphatic rings. The van der Waals surface area contributed by atoms with Crippen molar-refractivity contribution in [2.45, 2.75) is 32.6 Å². The number of aliphatic hydroxyl groups excluding tert-OH is 1. The Balaban J connectivity index is 2.87. The summed E-state index contributed by atoms with van der Waals surface area (Å²) in [6, 6.07) is 8.17. The number of halogens is 1. The minimum Gasteiger partial charge on any atom is -0.396 e. The Hall–Kier alpha value is -0.340. The van der Waals surface area contributed by atoms with Crippen LogP contribution in [0.5, 0.6) is 0 Å². The molecule has 1 aromatic carbocycles. The average molecular weight is 271 g/mol. The van der Waals surface area contributed by atoms with Crippen molar-refractivity contribution in [3.8, 4) is 0 Å². The minimum absolute atomic E-state index is 0.226. The molecule has 0 radical (unpaired) electrons. The van der Waals surface area contributed by atoms with Crippen molar-refractivity contribution in [3.05, 3.63) is 34.3 Å². The van der Waals surface area contributed by atoms with E-state index in [9.17, 15) is 5.11 Å². The molecule has 1 N–H and O–H groups in total. The first-order chi connectivity index (χ1) is 7.20. The summed E-state index contributed by atoms with van der Waals surface area (Å²) in [4.78, 5) is 0. The Labute approximate surface area is 101 Å². The smallest absolute Gasteiger partial charge is 0.0502 e. The topological polar surface area (TPSA) is 20.2 Å². The highest BCUT2D eigenvalue weighted by Gasteiger charge is 2.19. The standard InChI is InChI=1S/C13H19BrO/c1-3-6-10(2)12(9-15)11-7-4-5-8-13(11)14/h4-5,7-8,10,12,15H,3,6,9H2,1-2H3. The maximum atomic E-state index is 9.48. The van der Waals surface area contributed by atoms with Gasteiger partial charge in [-0.25, -0.2) is 0 Å². The van der Waals surface area contributed by atoms with Gasteiger partial charge in [0.2, 0.25) is 0 Å². The van der Waals surface area contributed by atoms with Crippen LogP contribution in [0.15, 0.2) is 28.7 Å². The Morgan fingerprint density at radius 2 is 2.00 bits per heavy atom. The Bertz CT molecular complexity index is 298. The second-order valence-electron chi connectivity index (χ2n) is 4.08. The molecule has 0 spiro atoms. The van der Waals surface area contributed by atoms with Crippen molar-refractivity contribution < 1.29 is 5.11 Å². The van der Waals surface area contributed by atoms with E-state index in [0.29, 0.717) is 5.92 Å². The van der Waals surface area contributed by atoms with Gasteiger partial charge in [0.1, 0.15) is 0 Å². The third-order valence-electron chi connectivity index (χ3n) is 2.93. The maximum absolute atomic E-state index is 9.48. The summed E-state index contributed by atoms with van der Waals surface area (Å²) in [7, 11) is 0. The van der Waals surface area contributed by atoms with E-state index in [1.165, 1.54) is 12.0 Å². The molecule has 2 atom stereocenters. The van der Waals surface area contributed by atoms with Crippen LogP contribution >= 0.6 is 15.9 Å². The quantitative estimate of drug-likeness (QED) is 0.859. The van der Waals surface area contributed by atoms with Crippen molar-refractivity contribution in [1.82, 2.24) is 0 Å². The van der Waals surface area contributed by atoms with Gasteiger partial charge in [-0.15, -0.1) is 0 Å². The maximum Gasteiger partial charge on any atom is 0.0502 e. The van der Waals surface area contributed by atoms with Gasteiger partial charge >= 0.3 is 0 Å². The first-order valence-electron chi connectivity index (χ1n) is 5.56. The van der Waals surface area contributed by atoms with E-state index in [1.807, 2.05) is 18.2 Å². The summed E-state index contributed by atoms with van der Waals surface area (Å²) in [5.41, 5.74) is 1.22. The van der Waals surface area contributed by atoms with Gasteiger partial charge < -0.3 is 5.11 Å². The normalized spacial score (nSPS) is 14.9. The highest BCUT2D eigenvalue weighted by molar-refractivity contribution is 9.10. The molecule has 0 amide bonds. The van der Waals surface area contributed by atoms with E-state index in [1.54, 1.807) is 0 Å². The molecule has 15 heavy (non-hydrogen) atoms. The SMILES string of the molecule is CCCC(C)C(CO)c1ccccc1Br. The van der Waals surface area contributed by atoms with Gasteiger partial charge in [0.05, 0.1) is 6.61 Å². The molecule has 84 valence electrons. The molecule has 1 aromatic rings. The first kappa shape index (κ1) is 12.7. The Kier molecular flexibility index (Phi) is 5.34. The van der Waals surface area contributed by atoms with Crippen molar-refractivity contribution in [2.24, 2.45) is 5.92 Å². The van der Waals surface area contributed by atoms with Crippen LogP contribution in [0.4, 0.5) is 0 Å². The van der Waals surface area contributed by atoms with Gasteiger partial charge in [-0.05, 0) is 17.5 Å². The van der Waals surface area contributed by atoms with Crippen molar-refractivity contribution in [1.29, 1.82) is 0 Å². The second kappa shape index (κ2) is 6.29. The van der Waals surface area contributed by atoms with E-state index in [-0.39, 0.29) is 12.5 Å². The third kappa shape index (κ3) is 3.32. The third-order valence-corrected chi connectivity index (χ3v) is 3.65. The van der Waals surface area contributed by atoms with Crippen molar-refractivity contribution in [3.63, 3.8) is 0 Å². The van der Waals surface area contributed by atoms with Crippen LogP contribution in [0.1, 0.15) is 38.2 Å². The molecule has 0 aliphatic carbocycles. The fourth-order valence-electron chi connectivity index (χ4n) is 2.02. The van der Waals surface area contributed by atoms with E-state index in [0.717, 1.165) is 10.9 Å². The number of rotatable bonds is 5. The molecule has 1 nitrogen and oxygen atoms in total. The summed E-state index contributed by atoms with van der Waals surface area (Å²) in [6.07, 6.45) is 2.33. The highest BCUT2D eigenvalue weighted by Crippen LogP contribution is 2.32. The van der Waals surface area contributed by atoms with Crippen LogP contribution in [0, 0.1) is 5.92 Å². The number of hydrogen-bond donors (Lipinski definition) is 1. The molecule has 0 heterocycles. The molecule has 0 saturated carbocycles. The molecule has 0 aromatic heterocycles. The summed E-state index contributed by atoms with van der Waals surface area (Å²) >= 11 is 3.55. The molecular weight excluding hydrogens is 252 g/mol. The number of aliphatic hydroxyl groups is 1. The number of hydrogen-bond acceptors (Lipinski definition) is 1. The molecule has 0 aliphatic heterocycles. The lowest BCUT2D eigenvalue weighted by molar-refractivity contribution is 0.225. The summed E-state index contributed by atoms with van der Waals surface area (Å²) in [6.45, 7) is 4.62. The zero-order valence-electron chi connectivity index (χ0n) is 9.41. The molecule has 0 fully saturated rings. The lowest BCUT2D eigenvalue weighted by Gasteiger charge is -2.23. The van der Waals surface area contributed by atoms with E-state index in [4.69, 9.17) is 0 Å². The van der Waals surface area contributed by atoms with Crippen LogP contribution in [0.25, 0.3) is 0 Å². The highest BCUT2D eigenvalue weighted by atomic mass is 79.9. The zero-order valence-corrected chi connectivity index (χ0v) is 11.0. The van der Waals surface area contributed by atoms with Gasteiger partial charge in [0, 0.05) is 10.4 Å². The van der Waals surface area contributed by atoms with E-state index >= 15 is 0 Å². The monoisotopic (exact) mass is 270 g/mol. The second-order valence-corrected chi connectivity index (χ2v) is 4.93. The molecule has 2 unspecified atom stereocenters. The zero-order chi connectivity index (χ0) is 11.3. The fraction of sp³-hybridized carbons (Fsp3) is 0.538. The summed E-state index contributed by atoms with van der Waals surface area (Å²) in [5, 5.41) is 9.48. The van der Waals surface area contributed by atoms with E-state index in [2.05, 4.69) is 35.8 Å². The molecule has 0 saturated heterocycles. The Morgan fingerprint density at radius 3 is 2.53 bits per heavy atom. The van der Waals surface area contributed by atoms with Crippen LogP contribution in [-0.4, -0.2) is 11.7 Å². The molecule has 0 bridgehead atoms. The predicted octanol–water partition coefficient (Wildman–Crippen LogP) is 3.96. The van der Waals surface area contributed by atoms with Gasteiger partial charge in [-0.2, -0.15) is 0 Å². The van der Waals surface area contributed by atoms with Gasteiger partial charge in [-0.3, -0.25) is 0 Å².